The standard InChI is InChI=1S/C10H11NO6/c1-2-17-8(12)5-11-6(9(13)14)3-4-7(11)10(15)16/h3-4H,2,5H2,1H3,(H,13,14)(H,15,16). The summed E-state index contributed by atoms with van der Waals surface area (Å²) in [4.78, 5) is 32.9. The van der Waals surface area contributed by atoms with Crippen LogP contribution < -0.4 is 0 Å². The Bertz CT molecular complexity index is 430. The molecule has 0 aliphatic carbocycles. The smallest absolute Gasteiger partial charge is 0.352 e. The fraction of sp³-hybridized carbons (Fsp3) is 0.300. The van der Waals surface area contributed by atoms with E-state index >= 15 is 0 Å². The Morgan fingerprint density at radius 1 is 1.18 bits per heavy atom. The fourth-order valence-electron chi connectivity index (χ4n) is 1.35. The monoisotopic (exact) mass is 241 g/mol. The van der Waals surface area contributed by atoms with Gasteiger partial charge in [0, 0.05) is 0 Å². The number of carbonyl (C=O) groups excluding carboxylic acids is 1. The first-order valence-corrected chi connectivity index (χ1v) is 4.79. The van der Waals surface area contributed by atoms with Gasteiger partial charge in [-0.05, 0) is 19.1 Å². The first-order valence-electron chi connectivity index (χ1n) is 4.79. The number of nitrogens with zero attached hydrogens (tertiary/aromatic N) is 1. The number of aromatic carboxylic acids is 2. The third-order valence-electron chi connectivity index (χ3n) is 2.01. The largest absolute Gasteiger partial charge is 0.477 e. The molecule has 0 unspecified atom stereocenters. The number of ether oxygens (including phenoxy) is 1. The van der Waals surface area contributed by atoms with Gasteiger partial charge in [-0.1, -0.05) is 0 Å². The van der Waals surface area contributed by atoms with E-state index in [-0.39, 0.29) is 18.0 Å². The van der Waals surface area contributed by atoms with E-state index in [2.05, 4.69) is 4.74 Å². The average molecular weight is 241 g/mol. The fourth-order valence-corrected chi connectivity index (χ4v) is 1.35. The lowest BCUT2D eigenvalue weighted by atomic mass is 10.4. The lowest BCUT2D eigenvalue weighted by molar-refractivity contribution is -0.143. The van der Waals surface area contributed by atoms with Crippen LogP contribution >= 0.6 is 0 Å². The highest BCUT2D eigenvalue weighted by Gasteiger charge is 2.20. The predicted molar refractivity (Wildman–Crippen MR) is 55.0 cm³/mol. The van der Waals surface area contributed by atoms with Crippen LogP contribution in [0.3, 0.4) is 0 Å². The van der Waals surface area contributed by atoms with Crippen molar-refractivity contribution in [3.63, 3.8) is 0 Å². The zero-order chi connectivity index (χ0) is 13.0. The molecule has 0 amide bonds. The van der Waals surface area contributed by atoms with Crippen LogP contribution in [0.25, 0.3) is 0 Å². The van der Waals surface area contributed by atoms with Crippen molar-refractivity contribution in [1.82, 2.24) is 4.57 Å². The van der Waals surface area contributed by atoms with Crippen molar-refractivity contribution in [1.29, 1.82) is 0 Å². The molecule has 0 atom stereocenters. The predicted octanol–water partition coefficient (Wildman–Crippen LogP) is 0.448. The first kappa shape index (κ1) is 12.8. The van der Waals surface area contributed by atoms with E-state index in [1.54, 1.807) is 6.92 Å². The minimum atomic E-state index is -1.30. The molecule has 1 heterocycles. The summed E-state index contributed by atoms with van der Waals surface area (Å²) < 4.78 is 5.53. The van der Waals surface area contributed by atoms with Crippen molar-refractivity contribution < 1.29 is 29.3 Å². The molecule has 1 rings (SSSR count). The molecule has 0 aromatic carbocycles. The van der Waals surface area contributed by atoms with Gasteiger partial charge in [0.2, 0.25) is 0 Å². The Kier molecular flexibility index (Phi) is 3.86. The second-order valence-corrected chi connectivity index (χ2v) is 3.11. The van der Waals surface area contributed by atoms with Crippen LogP contribution in [-0.2, 0) is 16.1 Å². The number of hydrogen-bond donors (Lipinski definition) is 2. The quantitative estimate of drug-likeness (QED) is 0.725. The number of rotatable bonds is 5. The van der Waals surface area contributed by atoms with Gasteiger partial charge in [-0.2, -0.15) is 0 Å². The summed E-state index contributed by atoms with van der Waals surface area (Å²) in [7, 11) is 0. The van der Waals surface area contributed by atoms with Crippen LogP contribution in [-0.4, -0.2) is 39.3 Å². The molecule has 92 valence electrons. The van der Waals surface area contributed by atoms with E-state index in [9.17, 15) is 14.4 Å². The Morgan fingerprint density at radius 3 is 2.00 bits per heavy atom. The van der Waals surface area contributed by atoms with Crippen LogP contribution in [0, 0.1) is 0 Å². The van der Waals surface area contributed by atoms with Crippen molar-refractivity contribution in [3.8, 4) is 0 Å². The molecule has 7 nitrogen and oxygen atoms in total. The Labute approximate surface area is 96.2 Å². The summed E-state index contributed by atoms with van der Waals surface area (Å²) in [6.07, 6.45) is 0. The van der Waals surface area contributed by atoms with Gasteiger partial charge in [-0.25, -0.2) is 9.59 Å². The second-order valence-electron chi connectivity index (χ2n) is 3.11. The summed E-state index contributed by atoms with van der Waals surface area (Å²) >= 11 is 0. The molecule has 0 aliphatic heterocycles. The minimum absolute atomic E-state index is 0.144. The number of carboxylic acid groups (broad SMARTS) is 2. The molecular formula is C10H11NO6. The van der Waals surface area contributed by atoms with Crippen LogP contribution in [0.15, 0.2) is 12.1 Å². The van der Waals surface area contributed by atoms with Gasteiger partial charge in [0.25, 0.3) is 0 Å². The molecule has 0 fully saturated rings. The summed E-state index contributed by atoms with van der Waals surface area (Å²) in [5, 5.41) is 17.7. The van der Waals surface area contributed by atoms with Gasteiger partial charge >= 0.3 is 17.9 Å². The van der Waals surface area contributed by atoms with E-state index in [4.69, 9.17) is 10.2 Å². The Morgan fingerprint density at radius 2 is 1.65 bits per heavy atom. The molecule has 0 saturated carbocycles. The summed E-state index contributed by atoms with van der Waals surface area (Å²) in [5.74, 6) is -3.29. The van der Waals surface area contributed by atoms with Crippen molar-refractivity contribution in [2.45, 2.75) is 13.5 Å². The molecule has 1 aromatic rings. The first-order chi connectivity index (χ1) is 7.97. The minimum Gasteiger partial charge on any atom is -0.477 e. The number of aromatic nitrogens is 1. The number of esters is 1. The third kappa shape index (κ3) is 2.83. The van der Waals surface area contributed by atoms with Crippen molar-refractivity contribution >= 4 is 17.9 Å². The van der Waals surface area contributed by atoms with Crippen molar-refractivity contribution in [3.05, 3.63) is 23.5 Å². The SMILES string of the molecule is CCOC(=O)Cn1c(C(=O)O)ccc1C(=O)O. The highest BCUT2D eigenvalue weighted by molar-refractivity contribution is 5.92. The number of hydrogen-bond acceptors (Lipinski definition) is 4. The van der Waals surface area contributed by atoms with Gasteiger partial charge in [0.05, 0.1) is 6.61 Å². The highest BCUT2D eigenvalue weighted by Crippen LogP contribution is 2.10. The average Bonchev–Trinajstić information content (AvgIpc) is 2.61. The molecule has 0 radical (unpaired) electrons. The molecular weight excluding hydrogens is 230 g/mol. The number of carboxylic acids is 2. The number of carbonyl (C=O) groups is 3. The Balaban J connectivity index is 3.08. The molecule has 1 aromatic heterocycles. The molecule has 0 bridgehead atoms. The molecule has 0 spiro atoms. The lowest BCUT2D eigenvalue weighted by Gasteiger charge is -2.08. The zero-order valence-electron chi connectivity index (χ0n) is 9.04. The normalized spacial score (nSPS) is 9.94. The lowest BCUT2D eigenvalue weighted by Crippen LogP contribution is -2.21. The van der Waals surface area contributed by atoms with Gasteiger partial charge in [0.1, 0.15) is 17.9 Å². The van der Waals surface area contributed by atoms with Crippen LogP contribution in [0.4, 0.5) is 0 Å². The maximum absolute atomic E-state index is 11.2. The maximum Gasteiger partial charge on any atom is 0.352 e. The van der Waals surface area contributed by atoms with Crippen molar-refractivity contribution in [2.24, 2.45) is 0 Å². The van der Waals surface area contributed by atoms with Gasteiger partial charge in [-0.15, -0.1) is 0 Å². The van der Waals surface area contributed by atoms with E-state index in [0.717, 1.165) is 16.7 Å². The topological polar surface area (TPSA) is 106 Å². The van der Waals surface area contributed by atoms with E-state index in [1.807, 2.05) is 0 Å². The Hall–Kier alpha value is -2.31. The second kappa shape index (κ2) is 5.15. The van der Waals surface area contributed by atoms with Gasteiger partial charge in [-0.3, -0.25) is 4.79 Å². The maximum atomic E-state index is 11.2. The van der Waals surface area contributed by atoms with Crippen LogP contribution in [0.1, 0.15) is 27.9 Å². The molecule has 0 saturated heterocycles. The third-order valence-corrected chi connectivity index (χ3v) is 2.01. The van der Waals surface area contributed by atoms with E-state index < -0.39 is 24.5 Å². The van der Waals surface area contributed by atoms with E-state index in [0.29, 0.717) is 0 Å². The summed E-state index contributed by atoms with van der Waals surface area (Å²) in [6, 6.07) is 2.26. The zero-order valence-corrected chi connectivity index (χ0v) is 9.04. The molecule has 17 heavy (non-hydrogen) atoms. The summed E-state index contributed by atoms with van der Waals surface area (Å²) in [6.45, 7) is 1.30. The van der Waals surface area contributed by atoms with Crippen LogP contribution in [0.5, 0.6) is 0 Å². The molecule has 2 N–H and O–H groups in total. The van der Waals surface area contributed by atoms with Gasteiger partial charge in [0.15, 0.2) is 0 Å². The highest BCUT2D eigenvalue weighted by atomic mass is 16.5. The molecule has 7 heteroatoms. The van der Waals surface area contributed by atoms with Crippen LogP contribution in [0.2, 0.25) is 0 Å². The van der Waals surface area contributed by atoms with E-state index in [1.165, 1.54) is 0 Å². The van der Waals surface area contributed by atoms with Crippen molar-refractivity contribution in [2.75, 3.05) is 6.61 Å². The van der Waals surface area contributed by atoms with Gasteiger partial charge < -0.3 is 19.5 Å². The summed E-state index contributed by atoms with van der Waals surface area (Å²) in [5.41, 5.74) is -0.536. The molecule has 0 aliphatic rings.